The molecule has 3 fully saturated rings. The summed E-state index contributed by atoms with van der Waals surface area (Å²) in [5.74, 6) is 0.227. The van der Waals surface area contributed by atoms with Crippen molar-refractivity contribution < 1.29 is 52.6 Å². The Labute approximate surface area is 562 Å². The van der Waals surface area contributed by atoms with E-state index in [2.05, 4.69) is 61.8 Å². The zero-order valence-corrected chi connectivity index (χ0v) is 53.4. The zero-order chi connectivity index (χ0) is 68.2. The summed E-state index contributed by atoms with van der Waals surface area (Å²) in [4.78, 5) is 137. The minimum Gasteiger partial charge on any atom is -0.497 e. The van der Waals surface area contributed by atoms with Gasteiger partial charge in [-0.3, -0.25) is 59.1 Å². The molecular weight excluding hydrogens is 1300 g/mol. The van der Waals surface area contributed by atoms with E-state index >= 15 is 0 Å². The van der Waals surface area contributed by atoms with E-state index in [0.29, 0.717) is 76.6 Å². The number of hydrogen-bond donors (Lipinski definition) is 8. The van der Waals surface area contributed by atoms with E-state index in [0.717, 1.165) is 45.3 Å². The highest BCUT2D eigenvalue weighted by Crippen LogP contribution is 2.36. The molecule has 9 heterocycles. The number of nitrogens with two attached hydrogens (primary N) is 2. The number of rotatable bonds is 11. The number of nitrogens with zero attached hydrogens (tertiary/aromatic N) is 9. The molecule has 28 nitrogen and oxygen atoms in total. The second-order valence-electron chi connectivity index (χ2n) is 21.7. The number of carbonyl (C=O) groups is 9. The van der Waals surface area contributed by atoms with Gasteiger partial charge in [-0.25, -0.2) is 24.9 Å². The largest absolute Gasteiger partial charge is 0.497 e. The maximum atomic E-state index is 13.0. The van der Waals surface area contributed by atoms with Crippen LogP contribution in [0.5, 0.6) is 11.5 Å². The fourth-order valence-corrected chi connectivity index (χ4v) is 11.4. The summed E-state index contributed by atoms with van der Waals surface area (Å²) in [6.07, 6.45) is 6.36. The number of hydrogen-bond acceptors (Lipinski definition) is 22. The second kappa shape index (κ2) is 30.6. The molecule has 0 bridgehead atoms. The van der Waals surface area contributed by atoms with Crippen LogP contribution >= 0.6 is 34.8 Å². The number of amides is 9. The third kappa shape index (κ3) is 16.3. The second-order valence-corrected chi connectivity index (χ2v) is 22.8. The number of benzene rings is 5. The summed E-state index contributed by atoms with van der Waals surface area (Å²) < 4.78 is 10.1. The van der Waals surface area contributed by atoms with E-state index in [-0.39, 0.29) is 78.4 Å². The lowest BCUT2D eigenvalue weighted by Gasteiger charge is -2.29. The minimum absolute atomic E-state index is 0.115. The lowest BCUT2D eigenvalue weighted by molar-refractivity contribution is -0.138. The average molecular weight is 1360 g/mol. The van der Waals surface area contributed by atoms with Gasteiger partial charge in [-0.2, -0.15) is 4.98 Å². The summed E-state index contributed by atoms with van der Waals surface area (Å²) in [5.41, 5.74) is 18.7. The number of methoxy groups -OCH3 is 2. The van der Waals surface area contributed by atoms with Crippen molar-refractivity contribution >= 4 is 134 Å². The number of halogens is 3. The molecule has 0 aliphatic carbocycles. The molecule has 31 heteroatoms. The van der Waals surface area contributed by atoms with E-state index in [1.54, 1.807) is 93.2 Å². The standard InChI is InChI=1S/C24H22N6O4.C17H14ClN5O3.C13H13N3O3.C7H9NO.C4H2Cl2N2/c1-34-15-7-5-14(6-8-15)26-24-25-12-11-20(28-24)27-18-4-2-3-16-17(18)13-30(23(16)33)19-9-10-21(31)29-22(19)32;18-17-19-7-6-13(21-17)20-11-3-1-2-9-10(11)8-23(16(9)26)12-4-5-14(24)22-15(12)25;14-9-3-1-2-7-8(9)6-16(13(7)19)10-4-5-11(17)15-12(10)18;1-9-7-4-2-6(8)3-5-7;5-3-1-2-7-4(6)8-3/h2-8,11-12,19H,9-10,13H2,1H3,(H,29,31,32)(H2,25,26,27,28);1-3,6-7,12H,4-5,8H2,(H,19,20,21)(H,22,24,25);1-3,10H,4-6,14H2,(H,15,17,18);2-5H,8H2,1H3;1-2H. The van der Waals surface area contributed by atoms with Gasteiger partial charge in [-0.05, 0) is 146 Å². The normalized spacial score (nSPS) is 17.4. The first-order chi connectivity index (χ1) is 46.2. The summed E-state index contributed by atoms with van der Waals surface area (Å²) in [6, 6.07) is 33.6. The minimum atomic E-state index is -0.662. The highest BCUT2D eigenvalue weighted by atomic mass is 35.5. The van der Waals surface area contributed by atoms with Gasteiger partial charge in [-0.1, -0.05) is 29.8 Å². The van der Waals surface area contributed by atoms with Gasteiger partial charge in [0, 0.05) is 119 Å². The summed E-state index contributed by atoms with van der Waals surface area (Å²) in [5, 5.41) is 17.1. The number of ether oxygens (including phenoxy) is 2. The van der Waals surface area contributed by atoms with Crippen LogP contribution in [-0.4, -0.2) is 130 Å². The fourth-order valence-electron chi connectivity index (χ4n) is 10.9. The Balaban J connectivity index is 0.000000143. The number of nitrogen functional groups attached to an aromatic ring is 2. The first kappa shape index (κ1) is 67.5. The predicted molar refractivity (Wildman–Crippen MR) is 353 cm³/mol. The van der Waals surface area contributed by atoms with Gasteiger partial charge in [0.2, 0.25) is 52.0 Å². The van der Waals surface area contributed by atoms with E-state index in [9.17, 15) is 43.2 Å². The Morgan fingerprint density at radius 1 is 0.458 bits per heavy atom. The van der Waals surface area contributed by atoms with Crippen LogP contribution in [0.1, 0.15) is 86.3 Å². The molecule has 9 amide bonds. The van der Waals surface area contributed by atoms with Crippen molar-refractivity contribution in [3.05, 3.63) is 189 Å². The van der Waals surface area contributed by atoms with Crippen LogP contribution < -0.4 is 52.8 Å². The smallest absolute Gasteiger partial charge is 0.255 e. The first-order valence-corrected chi connectivity index (χ1v) is 30.7. The van der Waals surface area contributed by atoms with Crippen molar-refractivity contribution in [1.29, 1.82) is 0 Å². The predicted octanol–water partition coefficient (Wildman–Crippen LogP) is 7.46. The Morgan fingerprint density at radius 3 is 1.28 bits per heavy atom. The van der Waals surface area contributed by atoms with Crippen molar-refractivity contribution in [2.24, 2.45) is 0 Å². The first-order valence-electron chi connectivity index (χ1n) is 29.6. The highest BCUT2D eigenvalue weighted by molar-refractivity contribution is 6.31. The monoisotopic (exact) mass is 1360 g/mol. The Bertz CT molecular complexity index is 4310. The Morgan fingerprint density at radius 2 is 0.865 bits per heavy atom. The third-order valence-corrected chi connectivity index (χ3v) is 16.2. The van der Waals surface area contributed by atoms with Crippen molar-refractivity contribution in [3.63, 3.8) is 0 Å². The molecule has 3 atom stereocenters. The number of fused-ring (bicyclic) bond motifs is 3. The topological polar surface area (TPSA) is 383 Å². The molecule has 0 saturated carbocycles. The van der Waals surface area contributed by atoms with Gasteiger partial charge in [0.15, 0.2) is 0 Å². The molecule has 14 rings (SSSR count). The summed E-state index contributed by atoms with van der Waals surface area (Å²) in [7, 11) is 3.24. The maximum absolute atomic E-state index is 13.0. The van der Waals surface area contributed by atoms with Crippen molar-refractivity contribution in [3.8, 4) is 11.5 Å². The molecule has 0 spiro atoms. The van der Waals surface area contributed by atoms with E-state index in [4.69, 9.17) is 55.7 Å². The number of imide groups is 3. The van der Waals surface area contributed by atoms with Crippen molar-refractivity contribution in [2.45, 2.75) is 76.3 Å². The molecule has 6 aliphatic rings. The lowest BCUT2D eigenvalue weighted by atomic mass is 10.0. The molecule has 6 aliphatic heterocycles. The number of aromatic nitrogens is 6. The van der Waals surface area contributed by atoms with Gasteiger partial charge in [0.25, 0.3) is 17.7 Å². The van der Waals surface area contributed by atoms with Crippen LogP contribution in [0.3, 0.4) is 0 Å². The summed E-state index contributed by atoms with van der Waals surface area (Å²) in [6.45, 7) is 0.876. The van der Waals surface area contributed by atoms with E-state index in [1.807, 2.05) is 48.5 Å². The van der Waals surface area contributed by atoms with Crippen LogP contribution in [0.15, 0.2) is 140 Å². The van der Waals surface area contributed by atoms with Crippen LogP contribution in [0.25, 0.3) is 0 Å². The highest BCUT2D eigenvalue weighted by Gasteiger charge is 2.43. The number of anilines is 8. The molecule has 3 aromatic heterocycles. The number of piperidine rings is 3. The van der Waals surface area contributed by atoms with Gasteiger partial charge >= 0.3 is 0 Å². The molecule has 10 N–H and O–H groups in total. The van der Waals surface area contributed by atoms with Gasteiger partial charge < -0.3 is 51.6 Å². The molecular formula is C65H60Cl3N17O11. The quantitative estimate of drug-likeness (QED) is 0.0269. The van der Waals surface area contributed by atoms with E-state index < -0.39 is 35.8 Å². The van der Waals surface area contributed by atoms with Gasteiger partial charge in [0.05, 0.1) is 14.2 Å². The zero-order valence-electron chi connectivity index (χ0n) is 51.2. The molecule has 0 radical (unpaired) electrons. The number of carbonyl (C=O) groups excluding carboxylic acids is 9. The molecule has 3 unspecified atom stereocenters. The maximum Gasteiger partial charge on any atom is 0.255 e. The Kier molecular flexibility index (Phi) is 21.5. The Hall–Kier alpha value is -11.4. The summed E-state index contributed by atoms with van der Waals surface area (Å²) >= 11 is 16.6. The van der Waals surface area contributed by atoms with Crippen molar-refractivity contribution in [2.75, 3.05) is 41.6 Å². The van der Waals surface area contributed by atoms with E-state index in [1.165, 1.54) is 27.1 Å². The SMILES string of the molecule is COc1ccc(N)cc1.COc1ccc(Nc2nccc(Nc3cccc4c3CN(C3CCC(=O)NC3=O)C4=O)n2)cc1.Clc1ccnc(Cl)n1.Nc1cccc2c1CN(C1CCC(=O)NC1=O)C2=O.O=C1CCC(N2Cc3c(Nc4ccnc(Cl)n4)cccc3C2=O)C(=O)N1. The molecule has 5 aromatic carbocycles. The molecule has 96 heavy (non-hydrogen) atoms. The molecule has 8 aromatic rings. The van der Waals surface area contributed by atoms with Crippen LogP contribution in [0.4, 0.5) is 46.0 Å². The lowest BCUT2D eigenvalue weighted by Crippen LogP contribution is -2.52. The average Bonchev–Trinajstić information content (AvgIpc) is 1.63. The molecule has 492 valence electrons. The molecule has 3 saturated heterocycles. The van der Waals surface area contributed by atoms with Gasteiger partial charge in [-0.15, -0.1) is 0 Å². The number of nitrogens with one attached hydrogen (secondary N) is 6. The van der Waals surface area contributed by atoms with Crippen LogP contribution in [-0.2, 0) is 48.4 Å². The van der Waals surface area contributed by atoms with Crippen LogP contribution in [0, 0.1) is 0 Å². The third-order valence-electron chi connectivity index (χ3n) is 15.6. The fraction of sp³-hybridized carbons (Fsp3) is 0.215. The van der Waals surface area contributed by atoms with Gasteiger partial charge in [0.1, 0.15) is 46.4 Å². The van der Waals surface area contributed by atoms with Crippen LogP contribution in [0.2, 0.25) is 15.7 Å². The van der Waals surface area contributed by atoms with Crippen molar-refractivity contribution in [1.82, 2.24) is 60.6 Å².